The lowest BCUT2D eigenvalue weighted by Crippen LogP contribution is -2.17. The van der Waals surface area contributed by atoms with Crippen LogP contribution in [0, 0.1) is 0 Å². The fraction of sp³-hybridized carbons (Fsp3) is 0.158. The van der Waals surface area contributed by atoms with E-state index in [9.17, 15) is 18.0 Å². The Kier molecular flexibility index (Phi) is 5.95. The highest BCUT2D eigenvalue weighted by Crippen LogP contribution is 2.33. The van der Waals surface area contributed by atoms with Crippen molar-refractivity contribution in [1.29, 1.82) is 0 Å². The minimum atomic E-state index is -4.41. The van der Waals surface area contributed by atoms with Gasteiger partial charge in [0.15, 0.2) is 11.5 Å². The molecule has 1 saturated heterocycles. The lowest BCUT2D eigenvalue weighted by molar-refractivity contribution is -0.137. The Labute approximate surface area is 168 Å². The van der Waals surface area contributed by atoms with Crippen molar-refractivity contribution in [3.63, 3.8) is 0 Å². The van der Waals surface area contributed by atoms with Crippen LogP contribution in [-0.4, -0.2) is 17.3 Å². The molecule has 9 heteroatoms. The number of benzene rings is 2. The van der Waals surface area contributed by atoms with E-state index in [0.717, 1.165) is 23.9 Å². The normalized spacial score (nSPS) is 15.6. The average Bonchev–Trinajstić information content (AvgIpc) is 2.97. The van der Waals surface area contributed by atoms with Gasteiger partial charge in [-0.15, -0.1) is 0 Å². The Balaban J connectivity index is 1.76. The molecular formula is C19H14F3NO3S2. The number of methoxy groups -OCH3 is 1. The summed E-state index contributed by atoms with van der Waals surface area (Å²) in [4.78, 5) is 12.2. The van der Waals surface area contributed by atoms with Crippen molar-refractivity contribution in [2.75, 3.05) is 7.11 Å². The number of hydrogen-bond donors (Lipinski definition) is 1. The van der Waals surface area contributed by atoms with E-state index < -0.39 is 11.7 Å². The molecule has 1 N–H and O–H groups in total. The predicted octanol–water partition coefficient (Wildman–Crippen LogP) is 4.78. The van der Waals surface area contributed by atoms with Gasteiger partial charge in [0.1, 0.15) is 10.9 Å². The Morgan fingerprint density at radius 3 is 2.61 bits per heavy atom. The standard InChI is InChI=1S/C19H14F3NO3S2/c1-25-15-8-11(9-16-17(24)23-18(27)28-16)5-6-14(15)26-10-12-3-2-4-13(7-12)19(20,21)22/h2-9H,10H2,1H3,(H,23,24,27)/b16-9-. The van der Waals surface area contributed by atoms with Crippen molar-refractivity contribution < 1.29 is 27.4 Å². The van der Waals surface area contributed by atoms with Gasteiger partial charge in [0, 0.05) is 0 Å². The Hall–Kier alpha value is -2.52. The molecule has 0 bridgehead atoms. The number of alkyl halides is 3. The summed E-state index contributed by atoms with van der Waals surface area (Å²) in [6.45, 7) is -0.0484. The number of ether oxygens (including phenoxy) is 2. The van der Waals surface area contributed by atoms with Crippen molar-refractivity contribution in [1.82, 2.24) is 5.32 Å². The van der Waals surface area contributed by atoms with Gasteiger partial charge in [-0.2, -0.15) is 13.2 Å². The second-order valence-electron chi connectivity index (χ2n) is 5.75. The fourth-order valence-electron chi connectivity index (χ4n) is 2.46. The van der Waals surface area contributed by atoms with Gasteiger partial charge in [0.2, 0.25) is 0 Å². The Morgan fingerprint density at radius 2 is 1.96 bits per heavy atom. The number of thiocarbonyl (C=S) groups is 1. The van der Waals surface area contributed by atoms with Crippen LogP contribution in [0.1, 0.15) is 16.7 Å². The molecule has 4 nitrogen and oxygen atoms in total. The van der Waals surface area contributed by atoms with Crippen molar-refractivity contribution in [3.8, 4) is 11.5 Å². The number of halogens is 3. The van der Waals surface area contributed by atoms with E-state index in [1.165, 1.54) is 13.2 Å². The SMILES string of the molecule is COc1cc(/C=C2\SC(=S)NC2=O)ccc1OCc1cccc(C(F)(F)F)c1. The van der Waals surface area contributed by atoms with Gasteiger partial charge in [0.05, 0.1) is 17.6 Å². The molecule has 0 radical (unpaired) electrons. The first kappa shape index (κ1) is 20.2. The third-order valence-electron chi connectivity index (χ3n) is 3.78. The van der Waals surface area contributed by atoms with Crippen LogP contribution in [0.4, 0.5) is 13.2 Å². The highest BCUT2D eigenvalue weighted by atomic mass is 32.2. The van der Waals surface area contributed by atoms with Gasteiger partial charge in [-0.05, 0) is 41.5 Å². The number of thioether (sulfide) groups is 1. The van der Waals surface area contributed by atoms with Crippen molar-refractivity contribution in [2.24, 2.45) is 0 Å². The van der Waals surface area contributed by atoms with Crippen LogP contribution in [-0.2, 0) is 17.6 Å². The van der Waals surface area contributed by atoms with Crippen molar-refractivity contribution >= 4 is 40.3 Å². The van der Waals surface area contributed by atoms with Crippen molar-refractivity contribution in [3.05, 3.63) is 64.1 Å². The minimum Gasteiger partial charge on any atom is -0.493 e. The van der Waals surface area contributed by atoms with E-state index in [2.05, 4.69) is 5.32 Å². The first-order valence-electron chi connectivity index (χ1n) is 7.98. The van der Waals surface area contributed by atoms with Crippen LogP contribution in [0.3, 0.4) is 0 Å². The molecule has 0 aliphatic carbocycles. The molecule has 0 spiro atoms. The smallest absolute Gasteiger partial charge is 0.416 e. The zero-order valence-corrected chi connectivity index (χ0v) is 16.1. The number of carbonyl (C=O) groups is 1. The van der Waals surface area contributed by atoms with Crippen LogP contribution < -0.4 is 14.8 Å². The van der Waals surface area contributed by atoms with Gasteiger partial charge in [0.25, 0.3) is 5.91 Å². The maximum atomic E-state index is 12.8. The summed E-state index contributed by atoms with van der Waals surface area (Å²) in [6, 6.07) is 9.96. The highest BCUT2D eigenvalue weighted by molar-refractivity contribution is 8.26. The maximum Gasteiger partial charge on any atom is 0.416 e. The molecule has 0 aromatic heterocycles. The summed E-state index contributed by atoms with van der Waals surface area (Å²) in [5.41, 5.74) is 0.356. The maximum absolute atomic E-state index is 12.8. The molecule has 1 heterocycles. The molecule has 0 atom stereocenters. The summed E-state index contributed by atoms with van der Waals surface area (Å²) >= 11 is 6.11. The Morgan fingerprint density at radius 1 is 1.18 bits per heavy atom. The van der Waals surface area contributed by atoms with Crippen LogP contribution in [0.25, 0.3) is 6.08 Å². The topological polar surface area (TPSA) is 47.6 Å². The van der Waals surface area contributed by atoms with Gasteiger partial charge >= 0.3 is 6.18 Å². The molecule has 2 aromatic rings. The monoisotopic (exact) mass is 425 g/mol. The summed E-state index contributed by atoms with van der Waals surface area (Å²) in [5.74, 6) is 0.507. The predicted molar refractivity (Wildman–Crippen MR) is 105 cm³/mol. The molecule has 1 amide bonds. The third-order valence-corrected chi connectivity index (χ3v) is 4.94. The summed E-state index contributed by atoms with van der Waals surface area (Å²) in [5, 5.41) is 2.53. The van der Waals surface area contributed by atoms with Crippen LogP contribution >= 0.6 is 24.0 Å². The van der Waals surface area contributed by atoms with E-state index in [1.807, 2.05) is 0 Å². The Bertz CT molecular complexity index is 958. The van der Waals surface area contributed by atoms with E-state index >= 15 is 0 Å². The van der Waals surface area contributed by atoms with E-state index in [4.69, 9.17) is 21.7 Å². The van der Waals surface area contributed by atoms with Crippen LogP contribution in [0.5, 0.6) is 11.5 Å². The molecule has 146 valence electrons. The summed E-state index contributed by atoms with van der Waals surface area (Å²) < 4.78 is 49.7. The van der Waals surface area contributed by atoms with Gasteiger partial charge in [-0.1, -0.05) is 42.2 Å². The summed E-state index contributed by atoms with van der Waals surface area (Å²) in [7, 11) is 1.45. The summed E-state index contributed by atoms with van der Waals surface area (Å²) in [6.07, 6.45) is -2.74. The van der Waals surface area contributed by atoms with Gasteiger partial charge in [-0.25, -0.2) is 0 Å². The molecule has 2 aromatic carbocycles. The minimum absolute atomic E-state index is 0.0484. The average molecular weight is 425 g/mol. The molecule has 3 rings (SSSR count). The highest BCUT2D eigenvalue weighted by Gasteiger charge is 2.30. The van der Waals surface area contributed by atoms with Gasteiger partial charge < -0.3 is 14.8 Å². The molecule has 1 aliphatic rings. The zero-order chi connectivity index (χ0) is 20.3. The second kappa shape index (κ2) is 8.24. The van der Waals surface area contributed by atoms with Crippen molar-refractivity contribution in [2.45, 2.75) is 12.8 Å². The quantitative estimate of drug-likeness (QED) is 0.552. The molecule has 28 heavy (non-hydrogen) atoms. The number of amides is 1. The molecule has 1 fully saturated rings. The number of nitrogens with one attached hydrogen (secondary N) is 1. The molecule has 0 unspecified atom stereocenters. The first-order valence-corrected chi connectivity index (χ1v) is 9.20. The van der Waals surface area contributed by atoms with E-state index in [1.54, 1.807) is 30.3 Å². The van der Waals surface area contributed by atoms with Crippen LogP contribution in [0.2, 0.25) is 0 Å². The number of rotatable bonds is 5. The molecular weight excluding hydrogens is 411 g/mol. The zero-order valence-electron chi connectivity index (χ0n) is 14.5. The molecule has 0 saturated carbocycles. The van der Waals surface area contributed by atoms with Gasteiger partial charge in [-0.3, -0.25) is 4.79 Å². The van der Waals surface area contributed by atoms with Crippen LogP contribution in [0.15, 0.2) is 47.4 Å². The lowest BCUT2D eigenvalue weighted by Gasteiger charge is -2.13. The fourth-order valence-corrected chi connectivity index (χ4v) is 3.51. The second-order valence-corrected chi connectivity index (χ2v) is 7.47. The third kappa shape index (κ3) is 4.85. The molecule has 1 aliphatic heterocycles. The first-order chi connectivity index (χ1) is 13.3. The van der Waals surface area contributed by atoms with E-state index in [-0.39, 0.29) is 12.5 Å². The van der Waals surface area contributed by atoms with E-state index in [0.29, 0.717) is 31.9 Å². The number of carbonyl (C=O) groups excluding carboxylic acids is 1. The largest absolute Gasteiger partial charge is 0.493 e. The number of hydrogen-bond acceptors (Lipinski definition) is 5. The lowest BCUT2D eigenvalue weighted by atomic mass is 10.1.